The van der Waals surface area contributed by atoms with Gasteiger partial charge in [-0.15, -0.1) is 0 Å². The molecule has 0 amide bonds. The van der Waals surface area contributed by atoms with Crippen molar-refractivity contribution in [3.8, 4) is 22.4 Å². The number of benzene rings is 1. The summed E-state index contributed by atoms with van der Waals surface area (Å²) >= 11 is 0. The second kappa shape index (κ2) is 7.48. The van der Waals surface area contributed by atoms with Crippen LogP contribution >= 0.6 is 0 Å². The van der Waals surface area contributed by atoms with Crippen molar-refractivity contribution in [2.75, 3.05) is 11.5 Å². The molecule has 0 spiro atoms. The molecule has 1 N–H and O–H groups in total. The molecule has 0 saturated carbocycles. The average molecular weight is 459 g/mol. The first kappa shape index (κ1) is 20.0. The van der Waals surface area contributed by atoms with Crippen LogP contribution in [0.1, 0.15) is 30.1 Å². The SMILES string of the molecule is Cc1[nH]nc2c1c(C1CCS(=O)(=O)CC1)nc1c(-c3ccc(-c4ccccc4)nc3)cnn12. The van der Waals surface area contributed by atoms with E-state index >= 15 is 0 Å². The van der Waals surface area contributed by atoms with Crippen molar-refractivity contribution < 1.29 is 8.42 Å². The number of H-pyrrole nitrogens is 1. The van der Waals surface area contributed by atoms with E-state index in [0.717, 1.165) is 39.2 Å². The standard InChI is InChI=1S/C24H22N6O2S/c1-15-21-22(17-9-11-33(31,32)12-10-17)27-23-19(14-26-30(23)24(21)29-28-15)18-7-8-20(25-13-18)16-5-3-2-4-6-16/h2-8,13-14,17H,9-12H2,1H3,(H,28,29). The van der Waals surface area contributed by atoms with Crippen molar-refractivity contribution in [3.63, 3.8) is 0 Å². The molecule has 1 fully saturated rings. The molecule has 5 aromatic rings. The number of nitrogens with zero attached hydrogens (tertiary/aromatic N) is 5. The lowest BCUT2D eigenvalue weighted by atomic mass is 9.95. The summed E-state index contributed by atoms with van der Waals surface area (Å²) in [5.74, 6) is 0.457. The monoisotopic (exact) mass is 458 g/mol. The van der Waals surface area contributed by atoms with Gasteiger partial charge in [0.15, 0.2) is 11.3 Å². The lowest BCUT2D eigenvalue weighted by Gasteiger charge is -2.22. The highest BCUT2D eigenvalue weighted by Crippen LogP contribution is 2.35. The smallest absolute Gasteiger partial charge is 0.186 e. The fourth-order valence-corrected chi connectivity index (χ4v) is 6.14. The van der Waals surface area contributed by atoms with E-state index in [0.29, 0.717) is 24.1 Å². The lowest BCUT2D eigenvalue weighted by Crippen LogP contribution is -2.23. The third-order valence-corrected chi connectivity index (χ3v) is 8.16. The molecule has 0 atom stereocenters. The summed E-state index contributed by atoms with van der Waals surface area (Å²) in [7, 11) is -2.96. The Bertz CT molecular complexity index is 1570. The molecule has 8 nitrogen and oxygen atoms in total. The minimum Gasteiger partial charge on any atom is -0.280 e. The zero-order valence-electron chi connectivity index (χ0n) is 18.1. The summed E-state index contributed by atoms with van der Waals surface area (Å²) in [5, 5.41) is 13.1. The van der Waals surface area contributed by atoms with Gasteiger partial charge in [-0.05, 0) is 25.8 Å². The van der Waals surface area contributed by atoms with Gasteiger partial charge in [0.05, 0.1) is 34.5 Å². The van der Waals surface area contributed by atoms with E-state index in [1.54, 1.807) is 10.7 Å². The van der Waals surface area contributed by atoms with Crippen molar-refractivity contribution in [3.05, 3.63) is 66.2 Å². The van der Waals surface area contributed by atoms with Gasteiger partial charge in [0.2, 0.25) is 0 Å². The first-order valence-electron chi connectivity index (χ1n) is 10.9. The molecule has 4 aromatic heterocycles. The average Bonchev–Trinajstić information content (AvgIpc) is 3.43. The Kier molecular flexibility index (Phi) is 4.55. The third kappa shape index (κ3) is 3.39. The molecule has 0 radical (unpaired) electrons. The molecule has 0 bridgehead atoms. The summed E-state index contributed by atoms with van der Waals surface area (Å²) in [4.78, 5) is 9.70. The van der Waals surface area contributed by atoms with Crippen LogP contribution in [-0.4, -0.2) is 49.7 Å². The molecule has 6 rings (SSSR count). The molecule has 1 aromatic carbocycles. The highest BCUT2D eigenvalue weighted by Gasteiger charge is 2.29. The van der Waals surface area contributed by atoms with Crippen molar-refractivity contribution >= 4 is 26.5 Å². The van der Waals surface area contributed by atoms with Crippen LogP contribution in [0, 0.1) is 6.92 Å². The Morgan fingerprint density at radius 1 is 0.970 bits per heavy atom. The van der Waals surface area contributed by atoms with Crippen LogP contribution in [0.5, 0.6) is 0 Å². The second-order valence-electron chi connectivity index (χ2n) is 8.56. The number of sulfone groups is 1. The third-order valence-electron chi connectivity index (χ3n) is 6.44. The van der Waals surface area contributed by atoms with E-state index < -0.39 is 9.84 Å². The first-order chi connectivity index (χ1) is 16.0. The number of hydrogen-bond donors (Lipinski definition) is 1. The summed E-state index contributed by atoms with van der Waals surface area (Å²) in [5.41, 5.74) is 6.97. The number of hydrogen-bond acceptors (Lipinski definition) is 6. The van der Waals surface area contributed by atoms with Crippen LogP contribution in [0.3, 0.4) is 0 Å². The molecule has 1 aliphatic heterocycles. The minimum atomic E-state index is -2.96. The van der Waals surface area contributed by atoms with E-state index in [9.17, 15) is 8.42 Å². The fourth-order valence-electron chi connectivity index (χ4n) is 4.65. The Labute approximate surface area is 190 Å². The minimum absolute atomic E-state index is 0.0682. The summed E-state index contributed by atoms with van der Waals surface area (Å²) < 4.78 is 25.7. The maximum Gasteiger partial charge on any atom is 0.186 e. The topological polar surface area (TPSA) is 106 Å². The van der Waals surface area contributed by atoms with Gasteiger partial charge >= 0.3 is 0 Å². The number of nitrogens with one attached hydrogen (secondary N) is 1. The Hall–Kier alpha value is -3.59. The Morgan fingerprint density at radius 2 is 1.76 bits per heavy atom. The van der Waals surface area contributed by atoms with Gasteiger partial charge in [0.25, 0.3) is 0 Å². The molecular weight excluding hydrogens is 436 g/mol. The van der Waals surface area contributed by atoms with Crippen molar-refractivity contribution in [1.82, 2.24) is 29.8 Å². The molecule has 5 heterocycles. The molecule has 0 aliphatic carbocycles. The van der Waals surface area contributed by atoms with E-state index in [1.165, 1.54) is 0 Å². The summed E-state index contributed by atoms with van der Waals surface area (Å²) in [6.45, 7) is 1.96. The van der Waals surface area contributed by atoms with E-state index in [1.807, 2.05) is 55.6 Å². The van der Waals surface area contributed by atoms with Gasteiger partial charge < -0.3 is 0 Å². The molecule has 166 valence electrons. The number of aromatic nitrogens is 6. The van der Waals surface area contributed by atoms with Gasteiger partial charge in [-0.25, -0.2) is 13.4 Å². The van der Waals surface area contributed by atoms with Crippen LogP contribution in [0.15, 0.2) is 54.9 Å². The quantitative estimate of drug-likeness (QED) is 0.439. The highest BCUT2D eigenvalue weighted by atomic mass is 32.2. The molecule has 1 aliphatic rings. The van der Waals surface area contributed by atoms with Gasteiger partial charge in [-0.1, -0.05) is 36.4 Å². The van der Waals surface area contributed by atoms with Crippen LogP contribution in [0.2, 0.25) is 0 Å². The van der Waals surface area contributed by atoms with Crippen LogP contribution in [0.4, 0.5) is 0 Å². The van der Waals surface area contributed by atoms with Gasteiger partial charge in [0, 0.05) is 34.5 Å². The highest BCUT2D eigenvalue weighted by molar-refractivity contribution is 7.91. The van der Waals surface area contributed by atoms with E-state index in [-0.39, 0.29) is 17.4 Å². The summed E-state index contributed by atoms with van der Waals surface area (Å²) in [6.07, 6.45) is 4.78. The van der Waals surface area contributed by atoms with Crippen molar-refractivity contribution in [2.24, 2.45) is 0 Å². The maximum atomic E-state index is 12.0. The van der Waals surface area contributed by atoms with Crippen LogP contribution < -0.4 is 0 Å². The normalized spacial score (nSPS) is 16.5. The summed E-state index contributed by atoms with van der Waals surface area (Å²) in [6, 6.07) is 14.1. The van der Waals surface area contributed by atoms with E-state index in [2.05, 4.69) is 20.3 Å². The van der Waals surface area contributed by atoms with Crippen LogP contribution in [-0.2, 0) is 9.84 Å². The number of pyridine rings is 1. The van der Waals surface area contributed by atoms with Crippen LogP contribution in [0.25, 0.3) is 39.1 Å². The number of fused-ring (bicyclic) bond motifs is 3. The molecule has 9 heteroatoms. The van der Waals surface area contributed by atoms with Crippen molar-refractivity contribution in [1.29, 1.82) is 0 Å². The van der Waals surface area contributed by atoms with Gasteiger partial charge in [-0.2, -0.15) is 14.7 Å². The molecule has 33 heavy (non-hydrogen) atoms. The van der Waals surface area contributed by atoms with Gasteiger partial charge in [0.1, 0.15) is 9.84 Å². The zero-order valence-corrected chi connectivity index (χ0v) is 18.9. The maximum absolute atomic E-state index is 12.0. The number of aromatic amines is 1. The second-order valence-corrected chi connectivity index (χ2v) is 10.9. The molecular formula is C24H22N6O2S. The van der Waals surface area contributed by atoms with Crippen molar-refractivity contribution in [2.45, 2.75) is 25.7 Å². The Balaban J connectivity index is 1.47. The van der Waals surface area contributed by atoms with E-state index in [4.69, 9.17) is 4.98 Å². The van der Waals surface area contributed by atoms with Gasteiger partial charge in [-0.3, -0.25) is 10.1 Å². The first-order valence-corrected chi connectivity index (χ1v) is 12.8. The predicted octanol–water partition coefficient (Wildman–Crippen LogP) is 3.94. The predicted molar refractivity (Wildman–Crippen MR) is 127 cm³/mol. The largest absolute Gasteiger partial charge is 0.280 e. The zero-order chi connectivity index (χ0) is 22.6. The molecule has 0 unspecified atom stereocenters. The number of rotatable bonds is 3. The molecule has 1 saturated heterocycles. The fraction of sp³-hybridized carbons (Fsp3) is 0.250. The Morgan fingerprint density at radius 3 is 2.48 bits per heavy atom. The lowest BCUT2D eigenvalue weighted by molar-refractivity contribution is 0.546. The number of aryl methyl sites for hydroxylation is 1.